The summed E-state index contributed by atoms with van der Waals surface area (Å²) in [7, 11) is 0. The Morgan fingerprint density at radius 1 is 1.03 bits per heavy atom. The van der Waals surface area contributed by atoms with Gasteiger partial charge < -0.3 is 10.2 Å². The van der Waals surface area contributed by atoms with Gasteiger partial charge in [-0.05, 0) is 12.8 Å². The fourth-order valence-electron chi connectivity index (χ4n) is 3.53. The smallest absolute Gasteiger partial charge is 0.274 e. The van der Waals surface area contributed by atoms with Crippen molar-refractivity contribution in [2.75, 3.05) is 24.8 Å². The number of aromatic nitrogens is 1. The SMILES string of the molecule is O=C(NCc1c(F)cc(F)cc1F)c1cn2c(cc1=O)C(=O)N1CCCCN2C1. The van der Waals surface area contributed by atoms with Crippen molar-refractivity contribution in [1.82, 2.24) is 14.9 Å². The van der Waals surface area contributed by atoms with Crippen LogP contribution in [0.4, 0.5) is 13.2 Å². The predicted octanol–water partition coefficient (Wildman–Crippen LogP) is 1.34. The van der Waals surface area contributed by atoms with Gasteiger partial charge in [-0.3, -0.25) is 24.1 Å². The van der Waals surface area contributed by atoms with Crippen molar-refractivity contribution in [1.29, 1.82) is 0 Å². The number of benzene rings is 1. The first-order valence-corrected chi connectivity index (χ1v) is 9.08. The molecule has 0 aliphatic carbocycles. The topological polar surface area (TPSA) is 74.6 Å². The second-order valence-corrected chi connectivity index (χ2v) is 6.96. The maximum atomic E-state index is 13.7. The van der Waals surface area contributed by atoms with Crippen LogP contribution in [-0.2, 0) is 6.54 Å². The zero-order chi connectivity index (χ0) is 20.7. The first-order chi connectivity index (χ1) is 13.8. The normalized spacial score (nSPS) is 15.8. The van der Waals surface area contributed by atoms with E-state index in [0.29, 0.717) is 31.9 Å². The van der Waals surface area contributed by atoms with Crippen molar-refractivity contribution in [2.24, 2.45) is 0 Å². The molecule has 1 aromatic carbocycles. The Labute approximate surface area is 163 Å². The zero-order valence-electron chi connectivity index (χ0n) is 15.3. The predicted molar refractivity (Wildman–Crippen MR) is 96.4 cm³/mol. The van der Waals surface area contributed by atoms with Gasteiger partial charge in [0.15, 0.2) is 5.43 Å². The first-order valence-electron chi connectivity index (χ1n) is 9.08. The number of hydrogen-bond acceptors (Lipinski definition) is 4. The minimum atomic E-state index is -1.14. The summed E-state index contributed by atoms with van der Waals surface area (Å²) >= 11 is 0. The standard InChI is InChI=1S/C19H17F3N4O3/c20-11-5-14(21)12(15(22)6-11)8-23-18(28)13-9-26-16(7-17(13)27)19(29)24-3-1-2-4-25(26)10-24/h5-7,9H,1-4,8,10H2,(H,23,28). The van der Waals surface area contributed by atoms with Gasteiger partial charge in [0.1, 0.15) is 35.4 Å². The molecule has 2 aliphatic rings. The number of fused-ring (bicyclic) bond motifs is 4. The van der Waals surface area contributed by atoms with Crippen LogP contribution in [0.15, 0.2) is 29.2 Å². The Hall–Kier alpha value is -3.30. The van der Waals surface area contributed by atoms with E-state index in [0.717, 1.165) is 18.9 Å². The van der Waals surface area contributed by atoms with Crippen LogP contribution in [0.5, 0.6) is 0 Å². The van der Waals surface area contributed by atoms with Gasteiger partial charge >= 0.3 is 0 Å². The molecule has 1 aromatic heterocycles. The lowest BCUT2D eigenvalue weighted by molar-refractivity contribution is 0.0706. The molecule has 0 atom stereocenters. The van der Waals surface area contributed by atoms with E-state index in [1.807, 2.05) is 5.01 Å². The molecule has 2 bridgehead atoms. The van der Waals surface area contributed by atoms with E-state index in [1.54, 1.807) is 4.90 Å². The highest BCUT2D eigenvalue weighted by Crippen LogP contribution is 2.18. The van der Waals surface area contributed by atoms with Crippen molar-refractivity contribution in [3.63, 3.8) is 0 Å². The Balaban J connectivity index is 1.61. The van der Waals surface area contributed by atoms with Gasteiger partial charge in [0.2, 0.25) is 0 Å². The van der Waals surface area contributed by atoms with Crippen LogP contribution < -0.4 is 15.8 Å². The fraction of sp³-hybridized carbons (Fsp3) is 0.316. The Bertz CT molecular complexity index is 1050. The zero-order valence-corrected chi connectivity index (χ0v) is 15.3. The molecule has 2 amide bonds. The molecule has 4 rings (SSSR count). The molecule has 1 saturated heterocycles. The van der Waals surface area contributed by atoms with Gasteiger partial charge in [0.25, 0.3) is 11.8 Å². The summed E-state index contributed by atoms with van der Waals surface area (Å²) < 4.78 is 42.0. The molecule has 1 N–H and O–H groups in total. The minimum Gasteiger partial charge on any atom is -0.348 e. The van der Waals surface area contributed by atoms with E-state index in [-0.39, 0.29) is 17.2 Å². The third kappa shape index (κ3) is 3.45. The number of pyridine rings is 1. The molecule has 3 heterocycles. The van der Waals surface area contributed by atoms with Gasteiger partial charge in [0.05, 0.1) is 0 Å². The van der Waals surface area contributed by atoms with Gasteiger partial charge in [-0.25, -0.2) is 13.2 Å². The van der Waals surface area contributed by atoms with Crippen LogP contribution in [-0.4, -0.2) is 41.1 Å². The lowest BCUT2D eigenvalue weighted by Gasteiger charge is -2.37. The summed E-state index contributed by atoms with van der Waals surface area (Å²) in [6, 6.07) is 2.12. The highest BCUT2D eigenvalue weighted by atomic mass is 19.1. The van der Waals surface area contributed by atoms with E-state index >= 15 is 0 Å². The molecule has 2 aliphatic heterocycles. The molecule has 0 spiro atoms. The Kier molecular flexibility index (Phi) is 4.77. The van der Waals surface area contributed by atoms with E-state index < -0.39 is 40.9 Å². The molecular formula is C19H17F3N4O3. The van der Waals surface area contributed by atoms with Gasteiger partial charge in [-0.15, -0.1) is 0 Å². The molecule has 152 valence electrons. The number of nitrogens with zero attached hydrogens (tertiary/aromatic N) is 3. The van der Waals surface area contributed by atoms with E-state index in [1.165, 1.54) is 10.9 Å². The third-order valence-electron chi connectivity index (χ3n) is 5.05. The number of carbonyl (C=O) groups excluding carboxylic acids is 2. The fourth-order valence-corrected chi connectivity index (χ4v) is 3.53. The molecule has 1 fully saturated rings. The maximum Gasteiger partial charge on any atom is 0.274 e. The Morgan fingerprint density at radius 3 is 2.45 bits per heavy atom. The van der Waals surface area contributed by atoms with E-state index in [4.69, 9.17) is 0 Å². The van der Waals surface area contributed by atoms with Crippen LogP contribution in [0.3, 0.4) is 0 Å². The molecule has 0 radical (unpaired) electrons. The van der Waals surface area contributed by atoms with Crippen molar-refractivity contribution in [2.45, 2.75) is 19.4 Å². The molecule has 2 aromatic rings. The van der Waals surface area contributed by atoms with Crippen LogP contribution in [0.2, 0.25) is 0 Å². The van der Waals surface area contributed by atoms with Crippen molar-refractivity contribution in [3.05, 3.63) is 68.9 Å². The lowest BCUT2D eigenvalue weighted by Crippen LogP contribution is -2.53. The number of hydrogen-bond donors (Lipinski definition) is 1. The second-order valence-electron chi connectivity index (χ2n) is 6.96. The summed E-state index contributed by atoms with van der Waals surface area (Å²) in [5, 5.41) is 4.12. The summed E-state index contributed by atoms with van der Waals surface area (Å²) in [5.74, 6) is -4.49. The van der Waals surface area contributed by atoms with Crippen LogP contribution in [0, 0.1) is 17.5 Å². The number of amides is 2. The average molecular weight is 406 g/mol. The molecule has 10 heteroatoms. The summed E-state index contributed by atoms with van der Waals surface area (Å²) in [6.45, 7) is 1.03. The molecule has 0 saturated carbocycles. The largest absolute Gasteiger partial charge is 0.348 e. The van der Waals surface area contributed by atoms with E-state index in [2.05, 4.69) is 5.32 Å². The summed E-state index contributed by atoms with van der Waals surface area (Å²) in [4.78, 5) is 39.1. The third-order valence-corrected chi connectivity index (χ3v) is 5.05. The van der Waals surface area contributed by atoms with Gasteiger partial charge in [-0.1, -0.05) is 0 Å². The summed E-state index contributed by atoms with van der Waals surface area (Å²) in [5.41, 5.74) is -1.29. The van der Waals surface area contributed by atoms with Crippen LogP contribution in [0.1, 0.15) is 39.3 Å². The van der Waals surface area contributed by atoms with Crippen molar-refractivity contribution in [3.8, 4) is 0 Å². The maximum absolute atomic E-state index is 13.7. The number of nitrogens with one attached hydrogen (secondary N) is 1. The monoisotopic (exact) mass is 406 g/mol. The van der Waals surface area contributed by atoms with Crippen molar-refractivity contribution >= 4 is 11.8 Å². The second kappa shape index (κ2) is 7.26. The summed E-state index contributed by atoms with van der Waals surface area (Å²) in [6.07, 6.45) is 2.95. The quantitative estimate of drug-likeness (QED) is 0.835. The van der Waals surface area contributed by atoms with E-state index in [9.17, 15) is 27.6 Å². The van der Waals surface area contributed by atoms with Gasteiger partial charge in [-0.2, -0.15) is 0 Å². The number of rotatable bonds is 3. The Morgan fingerprint density at radius 2 is 1.72 bits per heavy atom. The molecule has 0 unspecified atom stereocenters. The molecule has 7 nitrogen and oxygen atoms in total. The van der Waals surface area contributed by atoms with Crippen molar-refractivity contribution < 1.29 is 22.8 Å². The number of carbonyl (C=O) groups is 2. The highest BCUT2D eigenvalue weighted by molar-refractivity contribution is 5.97. The first kappa shape index (κ1) is 19.0. The molecular weight excluding hydrogens is 389 g/mol. The van der Waals surface area contributed by atoms with Gasteiger partial charge in [0, 0.05) is 49.6 Å². The lowest BCUT2D eigenvalue weighted by atomic mass is 10.1. The van der Waals surface area contributed by atoms with Crippen LogP contribution in [0.25, 0.3) is 0 Å². The number of halogens is 3. The minimum absolute atomic E-state index is 0.162. The average Bonchev–Trinajstić information content (AvgIpc) is 2.89. The highest BCUT2D eigenvalue weighted by Gasteiger charge is 2.31. The van der Waals surface area contributed by atoms with Crippen LogP contribution >= 0.6 is 0 Å². The molecule has 29 heavy (non-hydrogen) atoms.